The number of aryl methyl sites for hydroxylation is 2. The molecule has 0 aliphatic heterocycles. The Morgan fingerprint density at radius 1 is 1.06 bits per heavy atom. The summed E-state index contributed by atoms with van der Waals surface area (Å²) in [6.45, 7) is 8.61. The molecule has 0 unspecified atom stereocenters. The topological polar surface area (TPSA) is 86.8 Å². The first-order valence-corrected chi connectivity index (χ1v) is 13.9. The van der Waals surface area contributed by atoms with E-state index < -0.39 is 28.5 Å². The Bertz CT molecular complexity index is 1190. The monoisotopic (exact) mass is 541 g/mol. The van der Waals surface area contributed by atoms with Crippen LogP contribution in [0.15, 0.2) is 36.4 Å². The Labute approximate surface area is 218 Å². The third kappa shape index (κ3) is 7.85. The second-order valence-corrected chi connectivity index (χ2v) is 11.6. The van der Waals surface area contributed by atoms with Crippen LogP contribution in [0.5, 0.6) is 0 Å². The number of hydrogen-bond donors (Lipinski definition) is 1. The van der Waals surface area contributed by atoms with Crippen LogP contribution < -0.4 is 9.62 Å². The summed E-state index contributed by atoms with van der Waals surface area (Å²) in [6.07, 6.45) is 1.78. The number of carbonyl (C=O) groups is 2. The Morgan fingerprint density at radius 3 is 2.29 bits per heavy atom. The van der Waals surface area contributed by atoms with Crippen LogP contribution in [0.4, 0.5) is 5.69 Å². The van der Waals surface area contributed by atoms with E-state index in [4.69, 9.17) is 23.2 Å². The minimum Gasteiger partial charge on any atom is -0.352 e. The lowest BCUT2D eigenvalue weighted by atomic mass is 10.1. The highest BCUT2D eigenvalue weighted by Gasteiger charge is 2.31. The summed E-state index contributed by atoms with van der Waals surface area (Å²) >= 11 is 12.4. The highest BCUT2D eigenvalue weighted by atomic mass is 35.5. The first kappa shape index (κ1) is 28.9. The van der Waals surface area contributed by atoms with E-state index in [1.165, 1.54) is 4.90 Å². The average Bonchev–Trinajstić information content (AvgIpc) is 2.77. The molecule has 35 heavy (non-hydrogen) atoms. The van der Waals surface area contributed by atoms with Crippen molar-refractivity contribution < 1.29 is 18.0 Å². The second kappa shape index (κ2) is 12.1. The summed E-state index contributed by atoms with van der Waals surface area (Å²) in [5.41, 5.74) is 2.58. The number of hydrogen-bond acceptors (Lipinski definition) is 4. The van der Waals surface area contributed by atoms with Gasteiger partial charge in [-0.05, 0) is 69.0 Å². The molecule has 2 atom stereocenters. The molecule has 10 heteroatoms. The summed E-state index contributed by atoms with van der Waals surface area (Å²) in [5, 5.41) is 3.68. The zero-order chi connectivity index (χ0) is 26.5. The highest BCUT2D eigenvalue weighted by molar-refractivity contribution is 7.92. The van der Waals surface area contributed by atoms with Crippen molar-refractivity contribution in [1.29, 1.82) is 0 Å². The van der Waals surface area contributed by atoms with Crippen LogP contribution in [-0.2, 0) is 26.2 Å². The van der Waals surface area contributed by atoms with Gasteiger partial charge in [-0.15, -0.1) is 0 Å². The van der Waals surface area contributed by atoms with Crippen molar-refractivity contribution in [3.05, 3.63) is 63.1 Å². The molecule has 2 aromatic rings. The van der Waals surface area contributed by atoms with Gasteiger partial charge in [0.1, 0.15) is 12.6 Å². The van der Waals surface area contributed by atoms with Crippen LogP contribution in [-0.4, -0.2) is 50.0 Å². The molecule has 0 heterocycles. The molecule has 0 saturated heterocycles. The minimum absolute atomic E-state index is 0.00826. The lowest BCUT2D eigenvalue weighted by Crippen LogP contribution is -2.52. The number of benzene rings is 2. The molecule has 0 saturated carbocycles. The predicted molar refractivity (Wildman–Crippen MR) is 142 cm³/mol. The van der Waals surface area contributed by atoms with Crippen LogP contribution in [0.3, 0.4) is 0 Å². The van der Waals surface area contributed by atoms with E-state index in [1.54, 1.807) is 44.2 Å². The van der Waals surface area contributed by atoms with Crippen LogP contribution in [0.1, 0.15) is 43.9 Å². The molecular formula is C25H33Cl2N3O4S. The molecule has 7 nitrogen and oxygen atoms in total. The smallest absolute Gasteiger partial charge is 0.244 e. The molecule has 2 amide bonds. The number of amides is 2. The fourth-order valence-corrected chi connectivity index (χ4v) is 4.83. The van der Waals surface area contributed by atoms with Crippen molar-refractivity contribution >= 4 is 50.7 Å². The van der Waals surface area contributed by atoms with Gasteiger partial charge in [0.05, 0.1) is 11.9 Å². The maximum Gasteiger partial charge on any atom is 0.244 e. The van der Waals surface area contributed by atoms with Gasteiger partial charge in [-0.3, -0.25) is 13.9 Å². The number of rotatable bonds is 10. The van der Waals surface area contributed by atoms with Gasteiger partial charge in [0.2, 0.25) is 21.8 Å². The molecule has 0 aliphatic carbocycles. The Morgan fingerprint density at radius 2 is 1.71 bits per heavy atom. The molecule has 0 radical (unpaired) electrons. The molecule has 2 rings (SSSR count). The van der Waals surface area contributed by atoms with Crippen molar-refractivity contribution in [3.63, 3.8) is 0 Å². The van der Waals surface area contributed by atoms with Crippen molar-refractivity contribution in [2.45, 2.75) is 59.7 Å². The Kier molecular flexibility index (Phi) is 10.0. The fourth-order valence-electron chi connectivity index (χ4n) is 3.46. The predicted octanol–water partition coefficient (Wildman–Crippen LogP) is 4.71. The first-order valence-electron chi connectivity index (χ1n) is 11.3. The second-order valence-electron chi connectivity index (χ2n) is 8.81. The lowest BCUT2D eigenvalue weighted by Gasteiger charge is -2.32. The Balaban J connectivity index is 2.47. The SMILES string of the molecule is CC[C@@H](C)NC(=O)[C@@H](C)N(Cc1ccc(Cl)cc1Cl)C(=O)CN(c1cc(C)ccc1C)S(C)(=O)=O. The maximum absolute atomic E-state index is 13.6. The van der Waals surface area contributed by atoms with Crippen molar-refractivity contribution in [2.24, 2.45) is 0 Å². The molecule has 0 aromatic heterocycles. The molecule has 0 bridgehead atoms. The number of nitrogens with zero attached hydrogens (tertiary/aromatic N) is 2. The van der Waals surface area contributed by atoms with E-state index in [1.807, 2.05) is 26.8 Å². The summed E-state index contributed by atoms with van der Waals surface area (Å²) in [5.74, 6) is -0.871. The van der Waals surface area contributed by atoms with E-state index in [0.717, 1.165) is 22.5 Å². The molecular weight excluding hydrogens is 509 g/mol. The standard InChI is InChI=1S/C25H33Cl2N3O4S/c1-7-18(4)28-25(32)19(5)29(14-20-10-11-21(26)13-22(20)27)24(31)15-30(35(6,33)34)23-12-16(2)8-9-17(23)3/h8-13,18-19H,7,14-15H2,1-6H3,(H,28,32)/t18-,19-/m1/s1. The number of sulfonamides is 1. The first-order chi connectivity index (χ1) is 16.2. The van der Waals surface area contributed by atoms with E-state index in [0.29, 0.717) is 26.9 Å². The number of carbonyl (C=O) groups excluding carboxylic acids is 2. The summed E-state index contributed by atoms with van der Waals surface area (Å²) < 4.78 is 26.5. The number of anilines is 1. The van der Waals surface area contributed by atoms with Gasteiger partial charge in [0.25, 0.3) is 0 Å². The third-order valence-corrected chi connectivity index (χ3v) is 7.55. The van der Waals surface area contributed by atoms with E-state index >= 15 is 0 Å². The number of halogens is 2. The van der Waals surface area contributed by atoms with Crippen molar-refractivity contribution in [3.8, 4) is 0 Å². The average molecular weight is 543 g/mol. The fraction of sp³-hybridized carbons (Fsp3) is 0.440. The van der Waals surface area contributed by atoms with Gasteiger partial charge >= 0.3 is 0 Å². The highest BCUT2D eigenvalue weighted by Crippen LogP contribution is 2.26. The van der Waals surface area contributed by atoms with Crippen LogP contribution in [0.25, 0.3) is 0 Å². The van der Waals surface area contributed by atoms with Gasteiger partial charge < -0.3 is 10.2 Å². The summed E-state index contributed by atoms with van der Waals surface area (Å²) in [4.78, 5) is 27.9. The lowest BCUT2D eigenvalue weighted by molar-refractivity contribution is -0.139. The zero-order valence-corrected chi connectivity index (χ0v) is 23.3. The van der Waals surface area contributed by atoms with E-state index in [-0.39, 0.29) is 18.5 Å². The molecule has 2 aromatic carbocycles. The summed E-state index contributed by atoms with van der Waals surface area (Å²) in [7, 11) is -3.80. The molecule has 0 fully saturated rings. The van der Waals surface area contributed by atoms with Crippen LogP contribution in [0.2, 0.25) is 10.0 Å². The normalized spacial score (nSPS) is 13.1. The molecule has 0 aliphatic rings. The van der Waals surface area contributed by atoms with Crippen LogP contribution >= 0.6 is 23.2 Å². The molecule has 1 N–H and O–H groups in total. The zero-order valence-electron chi connectivity index (χ0n) is 20.9. The van der Waals surface area contributed by atoms with E-state index in [9.17, 15) is 18.0 Å². The molecule has 192 valence electrons. The minimum atomic E-state index is -3.80. The van der Waals surface area contributed by atoms with Crippen LogP contribution in [0, 0.1) is 13.8 Å². The van der Waals surface area contributed by atoms with Crippen molar-refractivity contribution in [1.82, 2.24) is 10.2 Å². The van der Waals surface area contributed by atoms with E-state index in [2.05, 4.69) is 5.32 Å². The van der Waals surface area contributed by atoms with Crippen molar-refractivity contribution in [2.75, 3.05) is 17.1 Å². The van der Waals surface area contributed by atoms with Gasteiger partial charge in [-0.1, -0.05) is 48.3 Å². The summed E-state index contributed by atoms with van der Waals surface area (Å²) in [6, 6.07) is 9.34. The number of nitrogens with one attached hydrogen (secondary N) is 1. The van der Waals surface area contributed by atoms with Gasteiger partial charge in [0, 0.05) is 22.6 Å². The van der Waals surface area contributed by atoms with Gasteiger partial charge in [-0.25, -0.2) is 8.42 Å². The Hall–Kier alpha value is -2.29. The largest absolute Gasteiger partial charge is 0.352 e. The quantitative estimate of drug-likeness (QED) is 0.471. The third-order valence-electron chi connectivity index (χ3n) is 5.84. The van der Waals surface area contributed by atoms with Gasteiger partial charge in [0.15, 0.2) is 0 Å². The molecule has 0 spiro atoms. The van der Waals surface area contributed by atoms with Gasteiger partial charge in [-0.2, -0.15) is 0 Å². The maximum atomic E-state index is 13.6.